The Morgan fingerprint density at radius 1 is 1.04 bits per heavy atom. The number of unbranched alkanes of at least 4 members (excludes halogenated alkanes) is 3. The van der Waals surface area contributed by atoms with E-state index in [0.717, 1.165) is 29.8 Å². The van der Waals surface area contributed by atoms with Gasteiger partial charge in [-0.05, 0) is 42.7 Å². The zero-order chi connectivity index (χ0) is 19.9. The molecule has 0 fully saturated rings. The lowest BCUT2D eigenvalue weighted by molar-refractivity contribution is -0.111. The number of hydrogen-bond donors (Lipinski definition) is 1. The van der Waals surface area contributed by atoms with Crippen molar-refractivity contribution >= 4 is 17.2 Å². The quantitative estimate of drug-likeness (QED) is 0.328. The van der Waals surface area contributed by atoms with Crippen LogP contribution >= 0.6 is 0 Å². The van der Waals surface area contributed by atoms with Crippen molar-refractivity contribution in [2.45, 2.75) is 51.9 Å². The second-order valence-corrected chi connectivity index (χ2v) is 7.61. The molecule has 1 aromatic heterocycles. The fraction of sp³-hybridized carbons (Fsp3) is 0.400. The van der Waals surface area contributed by atoms with Gasteiger partial charge in [-0.3, -0.25) is 0 Å². The Labute approximate surface area is 168 Å². The van der Waals surface area contributed by atoms with Gasteiger partial charge in [-0.1, -0.05) is 62.9 Å². The molecule has 3 rings (SSSR count). The number of aryl methyl sites for hydroxylation is 1. The van der Waals surface area contributed by atoms with Crippen LogP contribution < -0.4 is 4.74 Å². The molecule has 0 spiro atoms. The first kappa shape index (κ1) is 20.2. The number of hydrogen-bond acceptors (Lipinski definition) is 2. The van der Waals surface area contributed by atoms with Crippen LogP contribution in [0.3, 0.4) is 0 Å². The lowest BCUT2D eigenvalue weighted by atomic mass is 9.78. The molecule has 1 N–H and O–H groups in total. The zero-order valence-corrected chi connectivity index (χ0v) is 17.2. The van der Waals surface area contributed by atoms with Gasteiger partial charge in [0.2, 0.25) is 0 Å². The van der Waals surface area contributed by atoms with E-state index in [9.17, 15) is 4.79 Å². The first-order valence-corrected chi connectivity index (χ1v) is 10.4. The highest BCUT2D eigenvalue weighted by molar-refractivity contribution is 5.86. The largest absolute Gasteiger partial charge is 0.497 e. The molecular weight excluding hydrogens is 346 g/mol. The molecule has 0 aliphatic rings. The summed E-state index contributed by atoms with van der Waals surface area (Å²) in [6.45, 7) is 4.33. The number of carbonyl (C=O) groups is 1. The minimum atomic E-state index is -0.0387. The van der Waals surface area contributed by atoms with Crippen molar-refractivity contribution in [1.29, 1.82) is 0 Å². The Morgan fingerprint density at radius 2 is 1.79 bits per heavy atom. The summed E-state index contributed by atoms with van der Waals surface area (Å²) in [4.78, 5) is 15.7. The summed E-state index contributed by atoms with van der Waals surface area (Å²) in [5.41, 5.74) is 4.68. The molecule has 1 heterocycles. The number of methoxy groups -OCH3 is 1. The highest BCUT2D eigenvalue weighted by atomic mass is 16.5. The highest BCUT2D eigenvalue weighted by Gasteiger charge is 2.28. The van der Waals surface area contributed by atoms with E-state index in [1.165, 1.54) is 42.1 Å². The third-order valence-corrected chi connectivity index (χ3v) is 5.72. The van der Waals surface area contributed by atoms with Gasteiger partial charge in [0.05, 0.1) is 7.11 Å². The van der Waals surface area contributed by atoms with Crippen LogP contribution in [0, 0.1) is 12.8 Å². The van der Waals surface area contributed by atoms with Gasteiger partial charge >= 0.3 is 0 Å². The standard InChI is InChI=1S/C25H31NO2/c1-4-5-6-7-10-20(17-27)25(19-13-15-21(28-3)16-14-19)24-18(2)26-23-12-9-8-11-22(23)24/h8-9,11-17,20,25-26H,4-7,10H2,1-3H3/t20-,25+/m1/s1. The first-order chi connectivity index (χ1) is 13.7. The lowest BCUT2D eigenvalue weighted by Crippen LogP contribution is -2.17. The molecule has 3 aromatic rings. The summed E-state index contributed by atoms with van der Waals surface area (Å²) < 4.78 is 5.34. The van der Waals surface area contributed by atoms with Crippen LogP contribution in [0.4, 0.5) is 0 Å². The zero-order valence-electron chi connectivity index (χ0n) is 17.2. The Balaban J connectivity index is 2.04. The fourth-order valence-corrected chi connectivity index (χ4v) is 4.26. The number of ether oxygens (including phenoxy) is 1. The van der Waals surface area contributed by atoms with Crippen LogP contribution in [0.15, 0.2) is 48.5 Å². The van der Waals surface area contributed by atoms with E-state index in [0.29, 0.717) is 0 Å². The number of aromatic amines is 1. The van der Waals surface area contributed by atoms with E-state index in [1.54, 1.807) is 7.11 Å². The topological polar surface area (TPSA) is 42.1 Å². The number of aldehydes is 1. The van der Waals surface area contributed by atoms with Crippen LogP contribution in [0.5, 0.6) is 5.75 Å². The van der Waals surface area contributed by atoms with Crippen LogP contribution in [0.25, 0.3) is 10.9 Å². The van der Waals surface area contributed by atoms with Crippen LogP contribution in [0.2, 0.25) is 0 Å². The third-order valence-electron chi connectivity index (χ3n) is 5.72. The van der Waals surface area contributed by atoms with Gasteiger partial charge in [0, 0.05) is 28.4 Å². The Morgan fingerprint density at radius 3 is 2.46 bits per heavy atom. The van der Waals surface area contributed by atoms with E-state index >= 15 is 0 Å². The number of aromatic nitrogens is 1. The van der Waals surface area contributed by atoms with Gasteiger partial charge < -0.3 is 14.5 Å². The molecule has 0 aliphatic carbocycles. The van der Waals surface area contributed by atoms with E-state index in [4.69, 9.17) is 4.74 Å². The van der Waals surface area contributed by atoms with Crippen molar-refractivity contribution in [1.82, 2.24) is 4.98 Å². The van der Waals surface area contributed by atoms with Crippen LogP contribution in [0.1, 0.15) is 61.8 Å². The van der Waals surface area contributed by atoms with Crippen molar-refractivity contribution in [3.8, 4) is 5.75 Å². The maximum atomic E-state index is 12.2. The van der Waals surface area contributed by atoms with Crippen molar-refractivity contribution < 1.29 is 9.53 Å². The molecule has 0 amide bonds. The first-order valence-electron chi connectivity index (χ1n) is 10.4. The number of rotatable bonds is 10. The van der Waals surface area contributed by atoms with Crippen molar-refractivity contribution in [2.24, 2.45) is 5.92 Å². The molecule has 2 atom stereocenters. The van der Waals surface area contributed by atoms with E-state index < -0.39 is 0 Å². The minimum Gasteiger partial charge on any atom is -0.497 e. The molecule has 2 aromatic carbocycles. The summed E-state index contributed by atoms with van der Waals surface area (Å²) in [5, 5.41) is 1.21. The summed E-state index contributed by atoms with van der Waals surface area (Å²) in [7, 11) is 1.68. The predicted octanol–water partition coefficient (Wildman–Crippen LogP) is 6.40. The van der Waals surface area contributed by atoms with Gasteiger partial charge in [0.25, 0.3) is 0 Å². The molecule has 0 saturated carbocycles. The normalized spacial score (nSPS) is 13.4. The third kappa shape index (κ3) is 4.30. The molecule has 0 saturated heterocycles. The monoisotopic (exact) mass is 377 g/mol. The van der Waals surface area contributed by atoms with Crippen LogP contribution in [-0.4, -0.2) is 18.4 Å². The number of fused-ring (bicyclic) bond motifs is 1. The SMILES string of the molecule is CCCCCC[C@H](C=O)[C@H](c1ccc(OC)cc1)c1c(C)[nH]c2ccccc12. The Bertz CT molecular complexity index is 895. The van der Waals surface area contributed by atoms with Gasteiger partial charge in [-0.25, -0.2) is 0 Å². The van der Waals surface area contributed by atoms with E-state index in [-0.39, 0.29) is 11.8 Å². The minimum absolute atomic E-state index is 0.0387. The molecule has 148 valence electrons. The van der Waals surface area contributed by atoms with Gasteiger partial charge in [0.1, 0.15) is 12.0 Å². The molecule has 0 unspecified atom stereocenters. The van der Waals surface area contributed by atoms with Crippen LogP contribution in [-0.2, 0) is 4.79 Å². The Hall–Kier alpha value is -2.55. The average molecular weight is 378 g/mol. The smallest absolute Gasteiger partial charge is 0.124 e. The Kier molecular flexibility index (Phi) is 6.91. The number of nitrogens with one attached hydrogen (secondary N) is 1. The molecule has 28 heavy (non-hydrogen) atoms. The number of benzene rings is 2. The second kappa shape index (κ2) is 9.59. The number of H-pyrrole nitrogens is 1. The van der Waals surface area contributed by atoms with Gasteiger partial charge in [0.15, 0.2) is 0 Å². The van der Waals surface area contributed by atoms with Gasteiger partial charge in [-0.2, -0.15) is 0 Å². The highest BCUT2D eigenvalue weighted by Crippen LogP contribution is 2.40. The fourth-order valence-electron chi connectivity index (χ4n) is 4.26. The predicted molar refractivity (Wildman–Crippen MR) is 116 cm³/mol. The molecule has 0 aliphatic heterocycles. The summed E-state index contributed by atoms with van der Waals surface area (Å²) >= 11 is 0. The van der Waals surface area contributed by atoms with Crippen molar-refractivity contribution in [2.75, 3.05) is 7.11 Å². The molecular formula is C25H31NO2. The summed E-state index contributed by atoms with van der Waals surface area (Å²) in [6.07, 6.45) is 6.79. The number of carbonyl (C=O) groups excluding carboxylic acids is 1. The van der Waals surface area contributed by atoms with E-state index in [1.807, 2.05) is 18.2 Å². The van der Waals surface area contributed by atoms with Crippen molar-refractivity contribution in [3.05, 3.63) is 65.4 Å². The maximum Gasteiger partial charge on any atom is 0.124 e. The molecule has 3 nitrogen and oxygen atoms in total. The van der Waals surface area contributed by atoms with Gasteiger partial charge in [-0.15, -0.1) is 0 Å². The summed E-state index contributed by atoms with van der Waals surface area (Å²) in [5.74, 6) is 0.841. The molecule has 3 heteroatoms. The molecule has 0 radical (unpaired) electrons. The van der Waals surface area contributed by atoms with Crippen molar-refractivity contribution in [3.63, 3.8) is 0 Å². The molecule has 0 bridgehead atoms. The maximum absolute atomic E-state index is 12.2. The number of para-hydroxylation sites is 1. The summed E-state index contributed by atoms with van der Waals surface area (Å²) in [6, 6.07) is 16.6. The second-order valence-electron chi connectivity index (χ2n) is 7.61. The lowest BCUT2D eigenvalue weighted by Gasteiger charge is -2.25. The van der Waals surface area contributed by atoms with E-state index in [2.05, 4.69) is 49.2 Å². The average Bonchev–Trinajstić information content (AvgIpc) is 3.06.